The number of sulfonamides is 1. The summed E-state index contributed by atoms with van der Waals surface area (Å²) in [5.41, 5.74) is -0.0940. The minimum absolute atomic E-state index is 0.0297. The van der Waals surface area contributed by atoms with Gasteiger partial charge in [-0.25, -0.2) is 22.6 Å². The molecule has 0 spiro atoms. The number of carbonyl (C=O) groups excluding carboxylic acids is 1. The van der Waals surface area contributed by atoms with Crippen LogP contribution in [0.1, 0.15) is 32.0 Å². The second-order valence-corrected chi connectivity index (χ2v) is 8.34. The van der Waals surface area contributed by atoms with Crippen LogP contribution in [0, 0.1) is 5.92 Å². The number of aromatic nitrogens is 3. The molecule has 1 amide bonds. The van der Waals surface area contributed by atoms with Crippen LogP contribution in [-0.2, 0) is 34.8 Å². The molecule has 1 N–H and O–H groups in total. The van der Waals surface area contributed by atoms with Crippen molar-refractivity contribution in [3.05, 3.63) is 16.3 Å². The molecule has 1 aromatic heterocycles. The van der Waals surface area contributed by atoms with Crippen molar-refractivity contribution >= 4 is 15.9 Å². The molecule has 0 unspecified atom stereocenters. The maximum atomic E-state index is 12.1. The Morgan fingerprint density at radius 3 is 2.52 bits per heavy atom. The van der Waals surface area contributed by atoms with Crippen LogP contribution in [-0.4, -0.2) is 59.5 Å². The third-order valence-corrected chi connectivity index (χ3v) is 5.27. The fraction of sp³-hybridized carbons (Fsp3) is 0.800. The molecule has 1 aromatic rings. The van der Waals surface area contributed by atoms with Gasteiger partial charge in [0.15, 0.2) is 0 Å². The number of amides is 1. The zero-order valence-corrected chi connectivity index (χ0v) is 15.9. The first-order valence-electron chi connectivity index (χ1n) is 8.56. The van der Waals surface area contributed by atoms with Gasteiger partial charge in [-0.3, -0.25) is 9.36 Å². The predicted molar refractivity (Wildman–Crippen MR) is 93.6 cm³/mol. The molecule has 1 aliphatic heterocycles. The van der Waals surface area contributed by atoms with E-state index < -0.39 is 10.0 Å². The zero-order chi connectivity index (χ0) is 18.6. The van der Waals surface area contributed by atoms with Gasteiger partial charge < -0.3 is 4.90 Å². The van der Waals surface area contributed by atoms with Crippen molar-refractivity contribution in [2.24, 2.45) is 13.0 Å². The molecular formula is C15H27N5O4S. The summed E-state index contributed by atoms with van der Waals surface area (Å²) in [4.78, 5) is 25.8. The standard InChI is InChI=1S/C15H27N5O4S/c1-4-20-13(17-18(2)15(20)22)11-12-6-9-19(10-7-12)14(21)5-8-16-25(3,23)24/h12,16H,4-11H2,1-3H3. The van der Waals surface area contributed by atoms with E-state index in [4.69, 9.17) is 0 Å². The number of hydrogen-bond donors (Lipinski definition) is 1. The summed E-state index contributed by atoms with van der Waals surface area (Å²) in [5.74, 6) is 1.17. The van der Waals surface area contributed by atoms with Crippen molar-refractivity contribution < 1.29 is 13.2 Å². The first-order chi connectivity index (χ1) is 11.7. The largest absolute Gasteiger partial charge is 0.345 e. The van der Waals surface area contributed by atoms with Crippen LogP contribution in [0.2, 0.25) is 0 Å². The summed E-state index contributed by atoms with van der Waals surface area (Å²) in [7, 11) is -1.60. The van der Waals surface area contributed by atoms with Crippen molar-refractivity contribution in [1.82, 2.24) is 24.0 Å². The average Bonchev–Trinajstić information content (AvgIpc) is 2.80. The number of nitrogens with one attached hydrogen (secondary N) is 1. The topological polar surface area (TPSA) is 106 Å². The van der Waals surface area contributed by atoms with Crippen LogP contribution in [0.5, 0.6) is 0 Å². The van der Waals surface area contributed by atoms with E-state index in [-0.39, 0.29) is 24.6 Å². The average molecular weight is 373 g/mol. The van der Waals surface area contributed by atoms with Crippen LogP contribution >= 0.6 is 0 Å². The second kappa shape index (κ2) is 8.13. The predicted octanol–water partition coefficient (Wildman–Crippen LogP) is -0.678. The highest BCUT2D eigenvalue weighted by molar-refractivity contribution is 7.88. The number of rotatable bonds is 7. The molecule has 9 nitrogen and oxygen atoms in total. The van der Waals surface area contributed by atoms with Gasteiger partial charge >= 0.3 is 5.69 Å². The van der Waals surface area contributed by atoms with Crippen LogP contribution in [0.15, 0.2) is 4.79 Å². The van der Waals surface area contributed by atoms with Gasteiger partial charge in [0.25, 0.3) is 0 Å². The monoisotopic (exact) mass is 373 g/mol. The van der Waals surface area contributed by atoms with Gasteiger partial charge in [0.2, 0.25) is 15.9 Å². The molecule has 142 valence electrons. The Bertz CT molecular complexity index is 759. The number of carbonyl (C=O) groups is 1. The van der Waals surface area contributed by atoms with Crippen molar-refractivity contribution in [3.8, 4) is 0 Å². The van der Waals surface area contributed by atoms with Crippen LogP contribution in [0.4, 0.5) is 0 Å². The highest BCUT2D eigenvalue weighted by atomic mass is 32.2. The Balaban J connectivity index is 1.82. The fourth-order valence-corrected chi connectivity index (χ4v) is 3.64. The van der Waals surface area contributed by atoms with Gasteiger partial charge in [-0.15, -0.1) is 0 Å². The normalized spacial score (nSPS) is 16.4. The summed E-state index contributed by atoms with van der Waals surface area (Å²) in [6.45, 7) is 3.98. The Morgan fingerprint density at radius 1 is 1.32 bits per heavy atom. The summed E-state index contributed by atoms with van der Waals surface area (Å²) in [6.07, 6.45) is 3.71. The smallest absolute Gasteiger partial charge is 0.343 e. The molecule has 1 fully saturated rings. The minimum atomic E-state index is -3.26. The molecule has 0 saturated carbocycles. The summed E-state index contributed by atoms with van der Waals surface area (Å²) in [5, 5.41) is 4.31. The van der Waals surface area contributed by atoms with Gasteiger partial charge in [0.05, 0.1) is 6.26 Å². The number of likely N-dealkylation sites (tertiary alicyclic amines) is 1. The van der Waals surface area contributed by atoms with Crippen LogP contribution in [0.25, 0.3) is 0 Å². The van der Waals surface area contributed by atoms with Gasteiger partial charge in [-0.05, 0) is 25.7 Å². The first-order valence-corrected chi connectivity index (χ1v) is 10.5. The Hall–Kier alpha value is -1.68. The van der Waals surface area contributed by atoms with E-state index >= 15 is 0 Å². The lowest BCUT2D eigenvalue weighted by Gasteiger charge is -2.32. The quantitative estimate of drug-likeness (QED) is 0.682. The molecule has 10 heteroatoms. The lowest BCUT2D eigenvalue weighted by Crippen LogP contribution is -2.40. The van der Waals surface area contributed by atoms with E-state index in [9.17, 15) is 18.0 Å². The van der Waals surface area contributed by atoms with Crippen molar-refractivity contribution in [2.45, 2.75) is 39.2 Å². The van der Waals surface area contributed by atoms with E-state index in [2.05, 4.69) is 9.82 Å². The zero-order valence-electron chi connectivity index (χ0n) is 15.1. The molecule has 25 heavy (non-hydrogen) atoms. The number of hydrogen-bond acceptors (Lipinski definition) is 5. The SMILES string of the molecule is CCn1c(CC2CCN(C(=O)CCNS(C)(=O)=O)CC2)nn(C)c1=O. The minimum Gasteiger partial charge on any atom is -0.343 e. The molecule has 0 bridgehead atoms. The molecule has 0 aliphatic carbocycles. The molecule has 2 heterocycles. The van der Waals surface area contributed by atoms with Gasteiger partial charge in [-0.2, -0.15) is 5.10 Å². The maximum Gasteiger partial charge on any atom is 0.345 e. The molecule has 0 aromatic carbocycles. The number of nitrogens with zero attached hydrogens (tertiary/aromatic N) is 4. The van der Waals surface area contributed by atoms with Crippen molar-refractivity contribution in [2.75, 3.05) is 25.9 Å². The summed E-state index contributed by atoms with van der Waals surface area (Å²) in [6, 6.07) is 0. The summed E-state index contributed by atoms with van der Waals surface area (Å²) >= 11 is 0. The van der Waals surface area contributed by atoms with E-state index in [1.54, 1.807) is 16.5 Å². The lowest BCUT2D eigenvalue weighted by atomic mass is 9.93. The lowest BCUT2D eigenvalue weighted by molar-refractivity contribution is -0.132. The van der Waals surface area contributed by atoms with E-state index in [0.29, 0.717) is 25.6 Å². The fourth-order valence-electron chi connectivity index (χ4n) is 3.17. The maximum absolute atomic E-state index is 12.1. The van der Waals surface area contributed by atoms with Crippen molar-refractivity contribution in [1.29, 1.82) is 0 Å². The van der Waals surface area contributed by atoms with Crippen molar-refractivity contribution in [3.63, 3.8) is 0 Å². The Morgan fingerprint density at radius 2 is 1.96 bits per heavy atom. The highest BCUT2D eigenvalue weighted by Gasteiger charge is 2.24. The molecule has 1 aliphatic rings. The van der Waals surface area contributed by atoms with Crippen LogP contribution < -0.4 is 10.4 Å². The van der Waals surface area contributed by atoms with Gasteiger partial charge in [-0.1, -0.05) is 0 Å². The highest BCUT2D eigenvalue weighted by Crippen LogP contribution is 2.21. The second-order valence-electron chi connectivity index (χ2n) is 6.51. The third-order valence-electron chi connectivity index (χ3n) is 4.54. The van der Waals surface area contributed by atoms with Gasteiger partial charge in [0, 0.05) is 46.1 Å². The Labute approximate surface area is 148 Å². The van der Waals surface area contributed by atoms with Crippen LogP contribution in [0.3, 0.4) is 0 Å². The Kier molecular flexibility index (Phi) is 6.39. The van der Waals surface area contributed by atoms with Gasteiger partial charge in [0.1, 0.15) is 5.82 Å². The molecule has 1 saturated heterocycles. The molecule has 0 atom stereocenters. The van der Waals surface area contributed by atoms with E-state index in [0.717, 1.165) is 31.3 Å². The first kappa shape index (κ1) is 19.6. The third kappa shape index (κ3) is 5.40. The molecule has 0 radical (unpaired) electrons. The number of aryl methyl sites for hydroxylation is 1. The molecule has 2 rings (SSSR count). The molecular weight excluding hydrogens is 346 g/mol. The van der Waals surface area contributed by atoms with E-state index in [1.807, 2.05) is 6.92 Å². The summed E-state index contributed by atoms with van der Waals surface area (Å²) < 4.78 is 27.4. The number of piperidine rings is 1. The van der Waals surface area contributed by atoms with E-state index in [1.165, 1.54) is 4.68 Å².